The van der Waals surface area contributed by atoms with E-state index in [1.54, 1.807) is 31.2 Å². The van der Waals surface area contributed by atoms with Crippen LogP contribution in [-0.2, 0) is 10.0 Å². The van der Waals surface area contributed by atoms with Gasteiger partial charge in [0.05, 0.1) is 4.90 Å². The van der Waals surface area contributed by atoms with Crippen LogP contribution in [0.1, 0.15) is 30.9 Å². The van der Waals surface area contributed by atoms with Gasteiger partial charge in [0.2, 0.25) is 0 Å². The van der Waals surface area contributed by atoms with Gasteiger partial charge < -0.3 is 5.73 Å². The van der Waals surface area contributed by atoms with Gasteiger partial charge in [-0.05, 0) is 54.3 Å². The Hall–Kier alpha value is -2.01. The van der Waals surface area contributed by atoms with Crippen LogP contribution in [-0.4, -0.2) is 8.42 Å². The molecular weight excluding hydrogens is 284 g/mol. The molecule has 0 aliphatic carbocycles. The first-order chi connectivity index (χ1) is 9.79. The Bertz CT molecular complexity index is 735. The van der Waals surface area contributed by atoms with Crippen LogP contribution in [0.3, 0.4) is 0 Å². The van der Waals surface area contributed by atoms with Crippen molar-refractivity contribution in [3.05, 3.63) is 53.6 Å². The van der Waals surface area contributed by atoms with Crippen LogP contribution in [0.2, 0.25) is 0 Å². The highest BCUT2D eigenvalue weighted by atomic mass is 32.2. The monoisotopic (exact) mass is 304 g/mol. The highest BCUT2D eigenvalue weighted by Crippen LogP contribution is 2.22. The maximum atomic E-state index is 12.4. The van der Waals surface area contributed by atoms with Gasteiger partial charge in [0, 0.05) is 11.4 Å². The van der Waals surface area contributed by atoms with Gasteiger partial charge in [-0.25, -0.2) is 8.42 Å². The van der Waals surface area contributed by atoms with Crippen LogP contribution in [0.25, 0.3) is 0 Å². The molecule has 0 unspecified atom stereocenters. The van der Waals surface area contributed by atoms with Crippen molar-refractivity contribution in [3.8, 4) is 0 Å². The summed E-state index contributed by atoms with van der Waals surface area (Å²) in [6.45, 7) is 5.92. The van der Waals surface area contributed by atoms with Crippen molar-refractivity contribution >= 4 is 21.4 Å². The van der Waals surface area contributed by atoms with Crippen LogP contribution >= 0.6 is 0 Å². The van der Waals surface area contributed by atoms with E-state index in [0.29, 0.717) is 22.9 Å². The number of rotatable bonds is 4. The zero-order valence-electron chi connectivity index (χ0n) is 12.4. The molecule has 0 aliphatic rings. The fraction of sp³-hybridized carbons (Fsp3) is 0.250. The number of aryl methyl sites for hydroxylation is 1. The second kappa shape index (κ2) is 5.77. The Labute approximate surface area is 126 Å². The molecule has 0 spiro atoms. The number of anilines is 2. The van der Waals surface area contributed by atoms with E-state index in [0.717, 1.165) is 0 Å². The molecule has 21 heavy (non-hydrogen) atoms. The lowest BCUT2D eigenvalue weighted by Gasteiger charge is -2.12. The zero-order chi connectivity index (χ0) is 15.6. The number of hydrogen-bond donors (Lipinski definition) is 2. The van der Waals surface area contributed by atoms with Crippen LogP contribution in [0.15, 0.2) is 47.4 Å². The fourth-order valence-electron chi connectivity index (χ4n) is 2.12. The molecule has 5 heteroatoms. The first-order valence-corrected chi connectivity index (χ1v) is 8.27. The van der Waals surface area contributed by atoms with Crippen LogP contribution in [0.4, 0.5) is 11.4 Å². The van der Waals surface area contributed by atoms with E-state index in [9.17, 15) is 8.42 Å². The van der Waals surface area contributed by atoms with Crippen molar-refractivity contribution in [2.75, 3.05) is 10.5 Å². The van der Waals surface area contributed by atoms with Gasteiger partial charge >= 0.3 is 0 Å². The summed E-state index contributed by atoms with van der Waals surface area (Å²) in [6.07, 6.45) is 0. The molecule has 0 radical (unpaired) electrons. The van der Waals surface area contributed by atoms with Gasteiger partial charge in [0.25, 0.3) is 10.0 Å². The van der Waals surface area contributed by atoms with E-state index in [2.05, 4.69) is 18.6 Å². The van der Waals surface area contributed by atoms with Gasteiger partial charge in [0.1, 0.15) is 0 Å². The number of nitrogens with one attached hydrogen (secondary N) is 1. The van der Waals surface area contributed by atoms with Crippen molar-refractivity contribution in [1.82, 2.24) is 0 Å². The maximum Gasteiger partial charge on any atom is 0.262 e. The van der Waals surface area contributed by atoms with Crippen LogP contribution in [0.5, 0.6) is 0 Å². The number of sulfonamides is 1. The maximum absolute atomic E-state index is 12.4. The third kappa shape index (κ3) is 3.55. The summed E-state index contributed by atoms with van der Waals surface area (Å²) >= 11 is 0. The molecule has 0 saturated heterocycles. The second-order valence-corrected chi connectivity index (χ2v) is 7.06. The van der Waals surface area contributed by atoms with Crippen molar-refractivity contribution in [2.45, 2.75) is 31.6 Å². The minimum atomic E-state index is -3.60. The van der Waals surface area contributed by atoms with Crippen molar-refractivity contribution < 1.29 is 8.42 Å². The molecule has 2 rings (SSSR count). The molecule has 0 amide bonds. The topological polar surface area (TPSA) is 72.2 Å². The average molecular weight is 304 g/mol. The minimum Gasteiger partial charge on any atom is -0.399 e. The van der Waals surface area contributed by atoms with Crippen molar-refractivity contribution in [3.63, 3.8) is 0 Å². The lowest BCUT2D eigenvalue weighted by molar-refractivity contribution is 0.600. The first kappa shape index (κ1) is 15.4. The molecule has 0 fully saturated rings. The summed E-state index contributed by atoms with van der Waals surface area (Å²) in [5, 5.41) is 0. The standard InChI is InChI=1S/C16H20N2O2S/c1-11(2)13-4-7-15(8-5-13)18-21(19,20)16-9-6-14(17)10-12(16)3/h4-11,18H,17H2,1-3H3. The molecule has 3 N–H and O–H groups in total. The van der Waals surface area contributed by atoms with E-state index in [4.69, 9.17) is 5.73 Å². The molecule has 2 aromatic carbocycles. The predicted molar refractivity (Wildman–Crippen MR) is 86.9 cm³/mol. The summed E-state index contributed by atoms with van der Waals surface area (Å²) in [5.74, 6) is 0.412. The summed E-state index contributed by atoms with van der Waals surface area (Å²) in [5.41, 5.74) is 8.55. The van der Waals surface area contributed by atoms with Gasteiger partial charge in [0.15, 0.2) is 0 Å². The van der Waals surface area contributed by atoms with E-state index >= 15 is 0 Å². The van der Waals surface area contributed by atoms with E-state index in [1.807, 2.05) is 12.1 Å². The Balaban J connectivity index is 2.28. The fourth-order valence-corrected chi connectivity index (χ4v) is 3.41. The number of hydrogen-bond acceptors (Lipinski definition) is 3. The van der Waals surface area contributed by atoms with E-state index < -0.39 is 10.0 Å². The van der Waals surface area contributed by atoms with Crippen molar-refractivity contribution in [2.24, 2.45) is 0 Å². The zero-order valence-corrected chi connectivity index (χ0v) is 13.2. The van der Waals surface area contributed by atoms with Gasteiger partial charge in [-0.2, -0.15) is 0 Å². The summed E-state index contributed by atoms with van der Waals surface area (Å²) < 4.78 is 27.4. The lowest BCUT2D eigenvalue weighted by Crippen LogP contribution is -2.14. The molecule has 0 bridgehead atoms. The smallest absolute Gasteiger partial charge is 0.262 e. The summed E-state index contributed by atoms with van der Waals surface area (Å²) in [6, 6.07) is 12.2. The Morgan fingerprint density at radius 2 is 1.67 bits per heavy atom. The molecule has 0 aliphatic heterocycles. The van der Waals surface area contributed by atoms with E-state index in [1.165, 1.54) is 11.6 Å². The van der Waals surface area contributed by atoms with Gasteiger partial charge in [-0.3, -0.25) is 4.72 Å². The van der Waals surface area contributed by atoms with Crippen molar-refractivity contribution in [1.29, 1.82) is 0 Å². The van der Waals surface area contributed by atoms with Crippen LogP contribution < -0.4 is 10.5 Å². The Kier molecular flexibility index (Phi) is 4.23. The molecule has 0 atom stereocenters. The molecule has 2 aromatic rings. The Morgan fingerprint density at radius 3 is 2.19 bits per heavy atom. The van der Waals surface area contributed by atoms with E-state index in [-0.39, 0.29) is 4.90 Å². The number of nitrogen functional groups attached to an aromatic ring is 1. The average Bonchev–Trinajstić information content (AvgIpc) is 2.38. The first-order valence-electron chi connectivity index (χ1n) is 6.78. The molecule has 0 heterocycles. The molecule has 0 saturated carbocycles. The summed E-state index contributed by atoms with van der Waals surface area (Å²) in [7, 11) is -3.60. The van der Waals surface area contributed by atoms with Gasteiger partial charge in [-0.1, -0.05) is 26.0 Å². The quantitative estimate of drug-likeness (QED) is 0.849. The molecule has 4 nitrogen and oxygen atoms in total. The van der Waals surface area contributed by atoms with Crippen LogP contribution in [0, 0.1) is 6.92 Å². The minimum absolute atomic E-state index is 0.240. The molecular formula is C16H20N2O2S. The Morgan fingerprint density at radius 1 is 1.05 bits per heavy atom. The third-order valence-corrected chi connectivity index (χ3v) is 4.86. The second-order valence-electron chi connectivity index (χ2n) is 5.41. The predicted octanol–water partition coefficient (Wildman–Crippen LogP) is 3.50. The molecule has 0 aromatic heterocycles. The molecule has 112 valence electrons. The highest BCUT2D eigenvalue weighted by molar-refractivity contribution is 7.92. The number of nitrogens with two attached hydrogens (primary N) is 1. The summed E-state index contributed by atoms with van der Waals surface area (Å²) in [4.78, 5) is 0.240. The normalized spacial score (nSPS) is 11.6. The SMILES string of the molecule is Cc1cc(N)ccc1S(=O)(=O)Nc1ccc(C(C)C)cc1. The number of benzene rings is 2. The third-order valence-electron chi connectivity index (χ3n) is 3.32. The largest absolute Gasteiger partial charge is 0.399 e. The van der Waals surface area contributed by atoms with Gasteiger partial charge in [-0.15, -0.1) is 0 Å². The lowest BCUT2D eigenvalue weighted by atomic mass is 10.0. The highest BCUT2D eigenvalue weighted by Gasteiger charge is 2.17.